The smallest absolute Gasteiger partial charge is 0.262 e. The molecule has 0 fully saturated rings. The summed E-state index contributed by atoms with van der Waals surface area (Å²) in [5.41, 5.74) is 2.20. The first-order valence-electron chi connectivity index (χ1n) is 10.6. The maximum Gasteiger partial charge on any atom is 0.262 e. The van der Waals surface area contributed by atoms with Gasteiger partial charge in [-0.05, 0) is 60.7 Å². The first-order chi connectivity index (χ1) is 15.7. The number of carbonyl (C=O) groups is 1. The number of unbranched alkanes of at least 4 members (excludes halogenated alkanes) is 1. The Hall–Kier alpha value is -2.69. The first-order valence-corrected chi connectivity index (χ1v) is 12.1. The van der Waals surface area contributed by atoms with Gasteiger partial charge in [0.15, 0.2) is 0 Å². The number of alkyl halides is 1. The minimum Gasteiger partial charge on any atom is -0.497 e. The zero-order valence-corrected chi connectivity index (χ0v) is 19.8. The first kappa shape index (κ1) is 26.6. The van der Waals surface area contributed by atoms with Crippen molar-refractivity contribution in [3.63, 3.8) is 0 Å². The second kappa shape index (κ2) is 12.5. The molecule has 10 heteroatoms. The molecule has 0 saturated carbocycles. The molecule has 2 rings (SSSR count). The Morgan fingerprint density at radius 1 is 1.12 bits per heavy atom. The lowest BCUT2D eigenvalue weighted by Gasteiger charge is -2.32. The Balaban J connectivity index is 2.40. The summed E-state index contributed by atoms with van der Waals surface area (Å²) >= 11 is 0. The molecule has 8 nitrogen and oxygen atoms in total. The lowest BCUT2D eigenvalue weighted by molar-refractivity contribution is -0.134. The van der Waals surface area contributed by atoms with E-state index in [-0.39, 0.29) is 11.4 Å². The molecular formula is C23H31FN2O6S. The topological polar surface area (TPSA) is 105 Å². The minimum atomic E-state index is -4.15. The van der Waals surface area contributed by atoms with Gasteiger partial charge in [-0.25, -0.2) is 13.9 Å². The number of benzene rings is 2. The second-order valence-corrected chi connectivity index (χ2v) is 9.67. The van der Waals surface area contributed by atoms with Crippen molar-refractivity contribution in [2.45, 2.75) is 44.2 Å². The summed E-state index contributed by atoms with van der Waals surface area (Å²) in [5.74, 6) is -0.257. The highest BCUT2D eigenvalue weighted by molar-refractivity contribution is 7.89. The molecule has 2 N–H and O–H groups in total. The summed E-state index contributed by atoms with van der Waals surface area (Å²) in [6.07, 6.45) is 0.951. The molecule has 0 aromatic heterocycles. The molecule has 0 unspecified atom stereocenters. The summed E-state index contributed by atoms with van der Waals surface area (Å²) in [5, 5.41) is 9.26. The van der Waals surface area contributed by atoms with Crippen molar-refractivity contribution in [2.75, 3.05) is 20.4 Å². The van der Waals surface area contributed by atoms with Crippen molar-refractivity contribution in [1.29, 1.82) is 0 Å². The fourth-order valence-electron chi connectivity index (χ4n) is 3.35. The van der Waals surface area contributed by atoms with Crippen molar-refractivity contribution in [3.8, 4) is 11.5 Å². The molecule has 0 radical (unpaired) electrons. The van der Waals surface area contributed by atoms with Gasteiger partial charge in [-0.2, -0.15) is 4.31 Å². The number of hydrogen-bond acceptors (Lipinski definition) is 6. The van der Waals surface area contributed by atoms with Crippen LogP contribution < -0.4 is 15.0 Å². The van der Waals surface area contributed by atoms with E-state index in [2.05, 4.69) is 0 Å². The number of sulfonamides is 1. The van der Waals surface area contributed by atoms with E-state index in [0.717, 1.165) is 4.31 Å². The molecular weight excluding hydrogens is 451 g/mol. The molecule has 2 aromatic rings. The van der Waals surface area contributed by atoms with Crippen molar-refractivity contribution in [2.24, 2.45) is 5.92 Å². The largest absolute Gasteiger partial charge is 0.497 e. The maximum atomic E-state index is 13.6. The van der Waals surface area contributed by atoms with Gasteiger partial charge >= 0.3 is 0 Å². The fraction of sp³-hybridized carbons (Fsp3) is 0.435. The van der Waals surface area contributed by atoms with Gasteiger partial charge < -0.3 is 9.47 Å². The Labute approximate surface area is 194 Å². The van der Waals surface area contributed by atoms with E-state index in [1.54, 1.807) is 43.6 Å². The maximum absolute atomic E-state index is 13.6. The highest BCUT2D eigenvalue weighted by Gasteiger charge is 2.38. The summed E-state index contributed by atoms with van der Waals surface area (Å²) in [4.78, 5) is 12.4. The Bertz CT molecular complexity index is 998. The zero-order valence-electron chi connectivity index (χ0n) is 19.0. The van der Waals surface area contributed by atoms with E-state index in [9.17, 15) is 22.8 Å². The van der Waals surface area contributed by atoms with Crippen LogP contribution >= 0.6 is 0 Å². The van der Waals surface area contributed by atoms with E-state index in [1.165, 1.54) is 31.4 Å². The third-order valence-electron chi connectivity index (χ3n) is 5.02. The number of rotatable bonds is 13. The van der Waals surface area contributed by atoms with Gasteiger partial charge in [0.05, 0.1) is 25.3 Å². The van der Waals surface area contributed by atoms with Gasteiger partial charge in [-0.3, -0.25) is 14.4 Å². The van der Waals surface area contributed by atoms with Gasteiger partial charge in [-0.15, -0.1) is 0 Å². The number of hydroxylamine groups is 1. The predicted octanol–water partition coefficient (Wildman–Crippen LogP) is 3.54. The normalized spacial score (nSPS) is 12.6. The number of methoxy groups -OCH3 is 1. The second-order valence-electron chi connectivity index (χ2n) is 7.78. The minimum absolute atomic E-state index is 0.0297. The van der Waals surface area contributed by atoms with E-state index in [4.69, 9.17) is 9.47 Å². The standard InChI is InChI=1S/C23H31FN2O6S/c1-17(2)22(23(27)25-28)26(16-18-7-6-8-20(15-18)31-3)33(29,30)21-11-9-19(10-12-21)32-14-5-4-13-24/h6-12,15,17,22,28H,4-5,13-14,16H2,1-3H3,(H,25,27)/t22-/m1/s1. The molecule has 182 valence electrons. The summed E-state index contributed by atoms with van der Waals surface area (Å²) < 4.78 is 51.2. The SMILES string of the molecule is COc1cccc(CN([C@@H](C(=O)NO)C(C)C)S(=O)(=O)c2ccc(OCCCCF)cc2)c1. The summed E-state index contributed by atoms with van der Waals surface area (Å²) in [6, 6.07) is 11.5. The number of carbonyl (C=O) groups excluding carboxylic acids is 1. The van der Waals surface area contributed by atoms with Gasteiger partial charge in [0.2, 0.25) is 10.0 Å². The van der Waals surface area contributed by atoms with Crippen LogP contribution in [0, 0.1) is 5.92 Å². The number of nitrogens with one attached hydrogen (secondary N) is 1. The molecule has 0 heterocycles. The monoisotopic (exact) mass is 482 g/mol. The van der Waals surface area contributed by atoms with Gasteiger partial charge in [0.25, 0.3) is 5.91 Å². The third kappa shape index (κ3) is 7.15. The van der Waals surface area contributed by atoms with Crippen molar-refractivity contribution >= 4 is 15.9 Å². The average molecular weight is 483 g/mol. The number of halogens is 1. The van der Waals surface area contributed by atoms with Gasteiger partial charge in [-0.1, -0.05) is 26.0 Å². The van der Waals surface area contributed by atoms with Crippen molar-refractivity contribution in [3.05, 3.63) is 54.1 Å². The van der Waals surface area contributed by atoms with E-state index >= 15 is 0 Å². The van der Waals surface area contributed by atoms with Crippen LogP contribution in [0.3, 0.4) is 0 Å². The van der Waals surface area contributed by atoms with E-state index in [0.29, 0.717) is 36.5 Å². The molecule has 2 aromatic carbocycles. The molecule has 0 aliphatic heterocycles. The van der Waals surface area contributed by atoms with Crippen LogP contribution in [0.2, 0.25) is 0 Å². The molecule has 0 spiro atoms. The van der Waals surface area contributed by atoms with Crippen LogP contribution in [0.5, 0.6) is 11.5 Å². The Morgan fingerprint density at radius 3 is 2.39 bits per heavy atom. The van der Waals surface area contributed by atoms with Crippen molar-refractivity contribution in [1.82, 2.24) is 9.79 Å². The molecule has 0 bridgehead atoms. The number of nitrogens with zero attached hydrogens (tertiary/aromatic N) is 1. The lowest BCUT2D eigenvalue weighted by Crippen LogP contribution is -2.51. The number of ether oxygens (including phenoxy) is 2. The highest BCUT2D eigenvalue weighted by Crippen LogP contribution is 2.27. The fourth-order valence-corrected chi connectivity index (χ4v) is 5.05. The average Bonchev–Trinajstić information content (AvgIpc) is 2.81. The lowest BCUT2D eigenvalue weighted by atomic mass is 10.0. The van der Waals surface area contributed by atoms with Gasteiger partial charge in [0, 0.05) is 6.54 Å². The van der Waals surface area contributed by atoms with E-state index < -0.39 is 34.6 Å². The van der Waals surface area contributed by atoms with Gasteiger partial charge in [0.1, 0.15) is 17.5 Å². The molecule has 0 saturated heterocycles. The molecule has 0 aliphatic rings. The molecule has 1 amide bonds. The van der Waals surface area contributed by atoms with Crippen molar-refractivity contribution < 1.29 is 32.3 Å². The van der Waals surface area contributed by atoms with Crippen LogP contribution in [0.4, 0.5) is 4.39 Å². The Morgan fingerprint density at radius 2 is 1.82 bits per heavy atom. The van der Waals surface area contributed by atoms with Crippen LogP contribution in [-0.2, 0) is 21.4 Å². The molecule has 1 atom stereocenters. The Kier molecular flexibility index (Phi) is 10.1. The van der Waals surface area contributed by atoms with Crippen LogP contribution in [0.25, 0.3) is 0 Å². The van der Waals surface area contributed by atoms with Crippen LogP contribution in [0.1, 0.15) is 32.3 Å². The predicted molar refractivity (Wildman–Crippen MR) is 121 cm³/mol. The quantitative estimate of drug-likeness (QED) is 0.257. The molecule has 0 aliphatic carbocycles. The number of hydrogen-bond donors (Lipinski definition) is 2. The molecule has 33 heavy (non-hydrogen) atoms. The van der Waals surface area contributed by atoms with Crippen LogP contribution in [0.15, 0.2) is 53.4 Å². The third-order valence-corrected chi connectivity index (χ3v) is 6.86. The zero-order chi connectivity index (χ0) is 24.4. The van der Waals surface area contributed by atoms with Crippen LogP contribution in [-0.4, -0.2) is 50.3 Å². The summed E-state index contributed by atoms with van der Waals surface area (Å²) in [7, 11) is -2.64. The van der Waals surface area contributed by atoms with E-state index in [1.807, 2.05) is 0 Å². The number of amides is 1. The summed E-state index contributed by atoms with van der Waals surface area (Å²) in [6.45, 7) is 3.19. The highest BCUT2D eigenvalue weighted by atomic mass is 32.2.